The number of hydrogen-bond donors (Lipinski definition) is 0. The van der Waals surface area contributed by atoms with Gasteiger partial charge in [0.25, 0.3) is 0 Å². The van der Waals surface area contributed by atoms with Gasteiger partial charge in [0.1, 0.15) is 5.82 Å². The monoisotopic (exact) mass is 316 g/mol. The van der Waals surface area contributed by atoms with Gasteiger partial charge in [-0.2, -0.15) is 5.10 Å². The number of carbonyl (C=O) groups excluding carboxylic acids is 1. The Balaban J connectivity index is 1.66. The molecule has 23 heavy (non-hydrogen) atoms. The van der Waals surface area contributed by atoms with Gasteiger partial charge in [-0.3, -0.25) is 9.48 Å². The summed E-state index contributed by atoms with van der Waals surface area (Å²) in [5.74, 6) is -0.170. The predicted octanol–water partition coefficient (Wildman–Crippen LogP) is 1.97. The molecule has 6 heteroatoms. The summed E-state index contributed by atoms with van der Waals surface area (Å²) in [5, 5.41) is 4.12. The zero-order valence-corrected chi connectivity index (χ0v) is 13.5. The van der Waals surface area contributed by atoms with Crippen LogP contribution in [0, 0.1) is 5.82 Å². The predicted molar refractivity (Wildman–Crippen MR) is 86.6 cm³/mol. The Kier molecular flexibility index (Phi) is 4.32. The van der Waals surface area contributed by atoms with Gasteiger partial charge in [0.15, 0.2) is 0 Å². The summed E-state index contributed by atoms with van der Waals surface area (Å²) in [6.07, 6.45) is 5.48. The van der Waals surface area contributed by atoms with E-state index < -0.39 is 0 Å². The van der Waals surface area contributed by atoms with Gasteiger partial charge in [0.05, 0.1) is 12.7 Å². The number of halogens is 1. The van der Waals surface area contributed by atoms with E-state index >= 15 is 0 Å². The molecule has 0 aliphatic carbocycles. The molecule has 0 saturated carbocycles. The molecule has 0 N–H and O–H groups in total. The zero-order chi connectivity index (χ0) is 16.4. The summed E-state index contributed by atoms with van der Waals surface area (Å²) in [4.78, 5) is 16.2. The topological polar surface area (TPSA) is 41.4 Å². The van der Waals surface area contributed by atoms with E-state index in [1.165, 1.54) is 6.07 Å². The summed E-state index contributed by atoms with van der Waals surface area (Å²) < 4.78 is 15.1. The largest absolute Gasteiger partial charge is 0.362 e. The fraction of sp³-hybridized carbons (Fsp3) is 0.412. The van der Waals surface area contributed by atoms with Gasteiger partial charge < -0.3 is 9.80 Å². The van der Waals surface area contributed by atoms with Gasteiger partial charge in [-0.15, -0.1) is 0 Å². The van der Waals surface area contributed by atoms with Crippen molar-refractivity contribution in [1.82, 2.24) is 14.7 Å². The average molecular weight is 316 g/mol. The maximum absolute atomic E-state index is 13.4. The highest BCUT2D eigenvalue weighted by molar-refractivity contribution is 5.81. The number of benzene rings is 1. The Labute approximate surface area is 135 Å². The molecule has 2 heterocycles. The first-order valence-electron chi connectivity index (χ1n) is 7.78. The molecule has 0 unspecified atom stereocenters. The summed E-state index contributed by atoms with van der Waals surface area (Å²) in [6, 6.07) is 4.81. The van der Waals surface area contributed by atoms with E-state index in [2.05, 4.69) is 5.10 Å². The van der Waals surface area contributed by atoms with Crippen molar-refractivity contribution in [2.45, 2.75) is 19.4 Å². The van der Waals surface area contributed by atoms with E-state index in [1.54, 1.807) is 35.0 Å². The average Bonchev–Trinajstić information content (AvgIpc) is 2.92. The molecule has 5 nitrogen and oxygen atoms in total. The van der Waals surface area contributed by atoms with Gasteiger partial charge >= 0.3 is 0 Å². The molecule has 0 saturated heterocycles. The lowest BCUT2D eigenvalue weighted by Crippen LogP contribution is -2.40. The van der Waals surface area contributed by atoms with Crippen molar-refractivity contribution in [3.63, 3.8) is 0 Å². The molecule has 122 valence electrons. The van der Waals surface area contributed by atoms with Crippen molar-refractivity contribution in [1.29, 1.82) is 0 Å². The molecule has 2 aromatic rings. The van der Waals surface area contributed by atoms with Crippen LogP contribution in [-0.4, -0.2) is 40.7 Å². The van der Waals surface area contributed by atoms with Gasteiger partial charge in [0.2, 0.25) is 5.91 Å². The van der Waals surface area contributed by atoms with Crippen LogP contribution in [0.4, 0.5) is 10.1 Å². The van der Waals surface area contributed by atoms with Crippen LogP contribution in [0.5, 0.6) is 0 Å². The number of carbonyl (C=O) groups is 1. The third-order valence-electron chi connectivity index (χ3n) is 4.19. The molecular weight excluding hydrogens is 295 g/mol. The van der Waals surface area contributed by atoms with Crippen LogP contribution in [-0.2, 0) is 24.8 Å². The highest BCUT2D eigenvalue weighted by atomic mass is 19.1. The van der Waals surface area contributed by atoms with E-state index in [4.69, 9.17) is 0 Å². The first-order chi connectivity index (χ1) is 11.0. The Morgan fingerprint density at radius 3 is 3.00 bits per heavy atom. The minimum atomic E-state index is -0.217. The lowest BCUT2D eigenvalue weighted by Gasteiger charge is -2.32. The summed E-state index contributed by atoms with van der Waals surface area (Å²) >= 11 is 0. The molecule has 1 aliphatic rings. The summed E-state index contributed by atoms with van der Waals surface area (Å²) in [5.41, 5.74) is 2.96. The molecule has 3 rings (SSSR count). The molecule has 0 spiro atoms. The van der Waals surface area contributed by atoms with E-state index in [1.807, 2.05) is 18.1 Å². The first kappa shape index (κ1) is 15.5. The van der Waals surface area contributed by atoms with Crippen LogP contribution >= 0.6 is 0 Å². The normalized spacial score (nSPS) is 13.8. The minimum Gasteiger partial charge on any atom is -0.362 e. The van der Waals surface area contributed by atoms with Crippen molar-refractivity contribution in [3.8, 4) is 0 Å². The number of likely N-dealkylation sites (N-methyl/N-ethyl adjacent to an activating group) is 1. The second-order valence-electron chi connectivity index (χ2n) is 6.07. The summed E-state index contributed by atoms with van der Waals surface area (Å²) in [6.45, 7) is 1.68. The lowest BCUT2D eigenvalue weighted by molar-refractivity contribution is -0.129. The highest BCUT2D eigenvalue weighted by Gasteiger charge is 2.21. The van der Waals surface area contributed by atoms with E-state index in [0.717, 1.165) is 36.2 Å². The molecule has 0 bridgehead atoms. The van der Waals surface area contributed by atoms with Gasteiger partial charge in [-0.1, -0.05) is 0 Å². The van der Waals surface area contributed by atoms with E-state index in [0.29, 0.717) is 13.1 Å². The number of aryl methyl sites for hydroxylation is 2. The number of anilines is 1. The number of rotatable bonds is 4. The summed E-state index contributed by atoms with van der Waals surface area (Å²) in [7, 11) is 3.65. The number of hydrogen-bond acceptors (Lipinski definition) is 3. The number of nitrogens with zero attached hydrogens (tertiary/aromatic N) is 4. The quantitative estimate of drug-likeness (QED) is 0.866. The Morgan fingerprint density at radius 1 is 1.43 bits per heavy atom. The molecule has 1 aromatic heterocycles. The molecule has 0 atom stereocenters. The van der Waals surface area contributed by atoms with Crippen molar-refractivity contribution in [2.75, 3.05) is 25.0 Å². The van der Waals surface area contributed by atoms with Crippen LogP contribution in [0.15, 0.2) is 30.6 Å². The van der Waals surface area contributed by atoms with Gasteiger partial charge in [0, 0.05) is 44.6 Å². The fourth-order valence-electron chi connectivity index (χ4n) is 3.01. The maximum Gasteiger partial charge on any atom is 0.242 e. The van der Waals surface area contributed by atoms with Crippen molar-refractivity contribution >= 4 is 11.6 Å². The second kappa shape index (κ2) is 6.40. The molecule has 1 aliphatic heterocycles. The fourth-order valence-corrected chi connectivity index (χ4v) is 3.01. The van der Waals surface area contributed by atoms with E-state index in [-0.39, 0.29) is 11.7 Å². The Morgan fingerprint density at radius 2 is 2.26 bits per heavy atom. The second-order valence-corrected chi connectivity index (χ2v) is 6.07. The van der Waals surface area contributed by atoms with Crippen LogP contribution in [0.25, 0.3) is 0 Å². The van der Waals surface area contributed by atoms with Gasteiger partial charge in [-0.05, 0) is 36.6 Å². The lowest BCUT2D eigenvalue weighted by atomic mass is 10.0. The van der Waals surface area contributed by atoms with Crippen molar-refractivity contribution in [3.05, 3.63) is 47.5 Å². The maximum atomic E-state index is 13.4. The van der Waals surface area contributed by atoms with Gasteiger partial charge in [-0.25, -0.2) is 4.39 Å². The number of aromatic nitrogens is 2. The van der Waals surface area contributed by atoms with Crippen LogP contribution < -0.4 is 4.90 Å². The molecular formula is C17H21FN4O. The molecule has 0 fully saturated rings. The number of fused-ring (bicyclic) bond motifs is 1. The molecule has 1 amide bonds. The third-order valence-corrected chi connectivity index (χ3v) is 4.19. The Bertz CT molecular complexity index is 712. The van der Waals surface area contributed by atoms with Crippen molar-refractivity contribution in [2.24, 2.45) is 7.05 Å². The standard InChI is InChI=1S/C17H21FN4O/c1-20(10-13-9-19-21(2)11-13)17(23)12-22-7-3-4-14-8-15(18)5-6-16(14)22/h5-6,8-9,11H,3-4,7,10,12H2,1-2H3. The highest BCUT2D eigenvalue weighted by Crippen LogP contribution is 2.27. The van der Waals surface area contributed by atoms with Crippen LogP contribution in [0.1, 0.15) is 17.5 Å². The first-order valence-corrected chi connectivity index (χ1v) is 7.78. The SMILES string of the molecule is CN(Cc1cnn(C)c1)C(=O)CN1CCCc2cc(F)ccc21. The van der Waals surface area contributed by atoms with Crippen molar-refractivity contribution < 1.29 is 9.18 Å². The molecule has 1 aromatic carbocycles. The number of amides is 1. The smallest absolute Gasteiger partial charge is 0.242 e. The van der Waals surface area contributed by atoms with E-state index in [9.17, 15) is 9.18 Å². The zero-order valence-electron chi connectivity index (χ0n) is 13.5. The Hall–Kier alpha value is -2.37. The third kappa shape index (κ3) is 3.52. The van der Waals surface area contributed by atoms with Crippen LogP contribution in [0.3, 0.4) is 0 Å². The van der Waals surface area contributed by atoms with Crippen LogP contribution in [0.2, 0.25) is 0 Å². The minimum absolute atomic E-state index is 0.0472. The molecule has 0 radical (unpaired) electrons.